The largest absolute Gasteiger partial charge is 0.403 e. The molecule has 3 aromatic rings. The summed E-state index contributed by atoms with van der Waals surface area (Å²) in [4.78, 5) is 12.4. The van der Waals surface area contributed by atoms with Gasteiger partial charge in [0.2, 0.25) is 5.89 Å². The standard InChI is InChI=1S/C13H9N3O2S/c17-11(10-7-4-8-19-10)14-13-16-15-12(18-13)9-5-2-1-3-6-9/h1-8H,(H,14,16,17). The molecule has 5 nitrogen and oxygen atoms in total. The fourth-order valence-electron chi connectivity index (χ4n) is 1.54. The molecular weight excluding hydrogens is 262 g/mol. The highest BCUT2D eigenvalue weighted by Crippen LogP contribution is 2.19. The van der Waals surface area contributed by atoms with Crippen molar-refractivity contribution in [3.8, 4) is 11.5 Å². The van der Waals surface area contributed by atoms with Crippen molar-refractivity contribution in [1.29, 1.82) is 0 Å². The summed E-state index contributed by atoms with van der Waals surface area (Å²) in [6.45, 7) is 0. The van der Waals surface area contributed by atoms with Crippen molar-refractivity contribution < 1.29 is 9.21 Å². The summed E-state index contributed by atoms with van der Waals surface area (Å²) < 4.78 is 5.39. The lowest BCUT2D eigenvalue weighted by Crippen LogP contribution is -2.10. The van der Waals surface area contributed by atoms with Gasteiger partial charge in [0.15, 0.2) is 0 Å². The average Bonchev–Trinajstić information content (AvgIpc) is 3.11. The van der Waals surface area contributed by atoms with Crippen LogP contribution in [-0.2, 0) is 0 Å². The van der Waals surface area contributed by atoms with Crippen molar-refractivity contribution in [2.45, 2.75) is 0 Å². The van der Waals surface area contributed by atoms with Crippen LogP contribution < -0.4 is 5.32 Å². The molecule has 3 rings (SSSR count). The van der Waals surface area contributed by atoms with Crippen LogP contribution in [0.5, 0.6) is 0 Å². The van der Waals surface area contributed by atoms with Gasteiger partial charge >= 0.3 is 6.01 Å². The van der Waals surface area contributed by atoms with E-state index in [1.165, 1.54) is 11.3 Å². The number of nitrogens with zero attached hydrogens (tertiary/aromatic N) is 2. The highest BCUT2D eigenvalue weighted by Gasteiger charge is 2.12. The number of hydrogen-bond acceptors (Lipinski definition) is 5. The van der Waals surface area contributed by atoms with Crippen LogP contribution in [0.25, 0.3) is 11.5 Å². The first-order valence-electron chi connectivity index (χ1n) is 5.57. The van der Waals surface area contributed by atoms with Crippen molar-refractivity contribution in [2.75, 3.05) is 5.32 Å². The van der Waals surface area contributed by atoms with Gasteiger partial charge in [-0.3, -0.25) is 10.1 Å². The molecule has 2 heterocycles. The predicted octanol–water partition coefficient (Wildman–Crippen LogP) is 3.05. The fraction of sp³-hybridized carbons (Fsp3) is 0. The van der Waals surface area contributed by atoms with Gasteiger partial charge in [-0.25, -0.2) is 0 Å². The maximum absolute atomic E-state index is 11.8. The van der Waals surface area contributed by atoms with E-state index < -0.39 is 0 Å². The number of rotatable bonds is 3. The second kappa shape index (κ2) is 5.03. The molecule has 1 amide bonds. The molecule has 6 heteroatoms. The first-order chi connectivity index (χ1) is 9.33. The van der Waals surface area contributed by atoms with Crippen LogP contribution in [0.3, 0.4) is 0 Å². The lowest BCUT2D eigenvalue weighted by atomic mass is 10.2. The number of thiophene rings is 1. The van der Waals surface area contributed by atoms with Gasteiger partial charge in [0.05, 0.1) is 4.88 Å². The van der Waals surface area contributed by atoms with E-state index in [9.17, 15) is 4.79 Å². The smallest absolute Gasteiger partial charge is 0.322 e. The Morgan fingerprint density at radius 1 is 1.11 bits per heavy atom. The lowest BCUT2D eigenvalue weighted by Gasteiger charge is -1.96. The second-order valence-corrected chi connectivity index (χ2v) is 4.66. The van der Waals surface area contributed by atoms with E-state index in [1.54, 1.807) is 6.07 Å². The average molecular weight is 271 g/mol. The van der Waals surface area contributed by atoms with Gasteiger partial charge in [-0.2, -0.15) is 0 Å². The summed E-state index contributed by atoms with van der Waals surface area (Å²) in [7, 11) is 0. The molecular formula is C13H9N3O2S. The fourth-order valence-corrected chi connectivity index (χ4v) is 2.16. The minimum atomic E-state index is -0.252. The third-order valence-electron chi connectivity index (χ3n) is 2.41. The number of carbonyl (C=O) groups excluding carboxylic acids is 1. The zero-order chi connectivity index (χ0) is 13.1. The number of nitrogens with one attached hydrogen (secondary N) is 1. The van der Waals surface area contributed by atoms with E-state index in [0.29, 0.717) is 10.8 Å². The number of aromatic nitrogens is 2. The van der Waals surface area contributed by atoms with Crippen LogP contribution >= 0.6 is 11.3 Å². The molecule has 0 unspecified atom stereocenters. The van der Waals surface area contributed by atoms with Gasteiger partial charge < -0.3 is 4.42 Å². The molecule has 0 spiro atoms. The molecule has 0 saturated carbocycles. The zero-order valence-corrected chi connectivity index (χ0v) is 10.6. The second-order valence-electron chi connectivity index (χ2n) is 3.71. The summed E-state index contributed by atoms with van der Waals surface area (Å²) in [5.74, 6) is 0.125. The molecule has 1 N–H and O–H groups in total. The van der Waals surface area contributed by atoms with Crippen molar-refractivity contribution in [3.63, 3.8) is 0 Å². The minimum Gasteiger partial charge on any atom is -0.403 e. The maximum atomic E-state index is 11.8. The molecule has 94 valence electrons. The Balaban J connectivity index is 1.77. The van der Waals surface area contributed by atoms with Crippen LogP contribution in [0.15, 0.2) is 52.3 Å². The first-order valence-corrected chi connectivity index (χ1v) is 6.45. The molecule has 0 aliphatic carbocycles. The van der Waals surface area contributed by atoms with Gasteiger partial charge in [0.1, 0.15) is 0 Å². The molecule has 19 heavy (non-hydrogen) atoms. The van der Waals surface area contributed by atoms with E-state index in [2.05, 4.69) is 15.5 Å². The number of amides is 1. The first kappa shape index (κ1) is 11.6. The third kappa shape index (κ3) is 2.53. The molecule has 0 saturated heterocycles. The Labute approximate surface area is 112 Å². The quantitative estimate of drug-likeness (QED) is 0.795. The number of anilines is 1. The van der Waals surface area contributed by atoms with Crippen LogP contribution in [0.2, 0.25) is 0 Å². The van der Waals surface area contributed by atoms with E-state index >= 15 is 0 Å². The molecule has 0 aliphatic heterocycles. The Kier molecular flexibility index (Phi) is 3.07. The monoisotopic (exact) mass is 271 g/mol. The lowest BCUT2D eigenvalue weighted by molar-refractivity contribution is 0.102. The Hall–Kier alpha value is -2.47. The van der Waals surface area contributed by atoms with E-state index in [1.807, 2.05) is 41.8 Å². The SMILES string of the molecule is O=C(Nc1nnc(-c2ccccc2)o1)c1cccs1. The Morgan fingerprint density at radius 3 is 2.68 bits per heavy atom. The van der Waals surface area contributed by atoms with Gasteiger partial charge in [-0.15, -0.1) is 16.4 Å². The number of benzene rings is 1. The molecule has 0 aliphatic rings. The third-order valence-corrected chi connectivity index (χ3v) is 3.28. The zero-order valence-electron chi connectivity index (χ0n) is 9.74. The van der Waals surface area contributed by atoms with E-state index in [4.69, 9.17) is 4.42 Å². The molecule has 0 bridgehead atoms. The van der Waals surface area contributed by atoms with Crippen molar-refractivity contribution in [3.05, 3.63) is 52.7 Å². The van der Waals surface area contributed by atoms with Gasteiger partial charge in [-0.1, -0.05) is 29.4 Å². The topological polar surface area (TPSA) is 68.0 Å². The summed E-state index contributed by atoms with van der Waals surface area (Å²) >= 11 is 1.35. The maximum Gasteiger partial charge on any atom is 0.322 e. The Bertz CT molecular complexity index is 677. The predicted molar refractivity (Wildman–Crippen MR) is 72.0 cm³/mol. The van der Waals surface area contributed by atoms with Crippen molar-refractivity contribution in [2.24, 2.45) is 0 Å². The highest BCUT2D eigenvalue weighted by molar-refractivity contribution is 7.12. The van der Waals surface area contributed by atoms with E-state index in [0.717, 1.165) is 5.56 Å². The molecule has 1 aromatic carbocycles. The summed E-state index contributed by atoms with van der Waals surface area (Å²) in [6, 6.07) is 13.0. The molecule has 2 aromatic heterocycles. The van der Waals surface area contributed by atoms with Crippen LogP contribution in [0, 0.1) is 0 Å². The van der Waals surface area contributed by atoms with Crippen molar-refractivity contribution in [1.82, 2.24) is 10.2 Å². The summed E-state index contributed by atoms with van der Waals surface area (Å²) in [6.07, 6.45) is 0. The molecule has 0 radical (unpaired) electrons. The molecule has 0 atom stereocenters. The minimum absolute atomic E-state index is 0.0947. The van der Waals surface area contributed by atoms with Crippen LogP contribution in [0.4, 0.5) is 6.01 Å². The number of hydrogen-bond donors (Lipinski definition) is 1. The summed E-state index contributed by atoms with van der Waals surface area (Å²) in [5.41, 5.74) is 0.812. The Morgan fingerprint density at radius 2 is 1.95 bits per heavy atom. The number of carbonyl (C=O) groups is 1. The van der Waals surface area contributed by atoms with E-state index in [-0.39, 0.29) is 11.9 Å². The van der Waals surface area contributed by atoms with Gasteiger partial charge in [0.25, 0.3) is 5.91 Å². The van der Waals surface area contributed by atoms with Gasteiger partial charge in [0, 0.05) is 5.56 Å². The van der Waals surface area contributed by atoms with Crippen LogP contribution in [0.1, 0.15) is 9.67 Å². The van der Waals surface area contributed by atoms with Crippen LogP contribution in [-0.4, -0.2) is 16.1 Å². The van der Waals surface area contributed by atoms with Gasteiger partial charge in [-0.05, 0) is 23.6 Å². The molecule has 0 fully saturated rings. The normalized spacial score (nSPS) is 10.3. The van der Waals surface area contributed by atoms with Crippen molar-refractivity contribution >= 4 is 23.3 Å². The highest BCUT2D eigenvalue weighted by atomic mass is 32.1. The summed E-state index contributed by atoms with van der Waals surface area (Å²) in [5, 5.41) is 12.1.